The molecule has 0 saturated heterocycles. The molecule has 0 bridgehead atoms. The topological polar surface area (TPSA) is 41.9 Å². The fourth-order valence-electron chi connectivity index (χ4n) is 3.87. The zero-order valence-electron chi connectivity index (χ0n) is 18.3. The first-order chi connectivity index (χ1) is 16.2. The molecule has 0 unspecified atom stereocenters. The summed E-state index contributed by atoms with van der Waals surface area (Å²) in [5.41, 5.74) is 2.64. The largest absolute Gasteiger partial charge is 0.416 e. The molecule has 0 radical (unpaired) electrons. The second-order valence-corrected chi connectivity index (χ2v) is 8.18. The summed E-state index contributed by atoms with van der Waals surface area (Å²) in [6.07, 6.45) is -4.43. The number of hydrogen-bond donors (Lipinski definition) is 0. The van der Waals surface area contributed by atoms with E-state index in [1.54, 1.807) is 0 Å². The molecule has 0 aliphatic carbocycles. The zero-order chi connectivity index (χ0) is 24.3. The summed E-state index contributed by atoms with van der Waals surface area (Å²) in [5, 5.41) is 4.19. The molecular weight excluding hydrogens is 448 g/mol. The van der Waals surface area contributed by atoms with Crippen molar-refractivity contribution in [3.63, 3.8) is 0 Å². The van der Waals surface area contributed by atoms with Gasteiger partial charge in [-0.2, -0.15) is 13.2 Å². The average Bonchev–Trinajstić information content (AvgIpc) is 3.26. The van der Waals surface area contributed by atoms with E-state index in [1.807, 2.05) is 31.2 Å². The third kappa shape index (κ3) is 5.44. The number of carbonyl (C=O) groups is 1. The summed E-state index contributed by atoms with van der Waals surface area (Å²) in [6, 6.07) is 17.7. The van der Waals surface area contributed by atoms with Crippen LogP contribution in [0.5, 0.6) is 0 Å². The summed E-state index contributed by atoms with van der Waals surface area (Å²) >= 11 is 0. The lowest BCUT2D eigenvalue weighted by Gasteiger charge is -2.25. The predicted octanol–water partition coefficient (Wildman–Crippen LogP) is 5.99. The summed E-state index contributed by atoms with van der Waals surface area (Å²) < 4.78 is 52.5. The van der Waals surface area contributed by atoms with E-state index in [2.05, 4.69) is 5.16 Å². The van der Waals surface area contributed by atoms with Gasteiger partial charge in [0.25, 0.3) is 5.91 Å². The van der Waals surface area contributed by atoms with Crippen molar-refractivity contribution in [1.82, 2.24) is 4.90 Å². The van der Waals surface area contributed by atoms with Gasteiger partial charge in [-0.1, -0.05) is 47.6 Å². The van der Waals surface area contributed by atoms with Crippen LogP contribution in [0.3, 0.4) is 0 Å². The average molecular weight is 470 g/mol. The first kappa shape index (κ1) is 23.5. The Kier molecular flexibility index (Phi) is 6.68. The predicted molar refractivity (Wildman–Crippen MR) is 120 cm³/mol. The van der Waals surface area contributed by atoms with Crippen molar-refractivity contribution >= 4 is 11.6 Å². The third-order valence-electron chi connectivity index (χ3n) is 5.63. The molecule has 3 aromatic carbocycles. The fraction of sp³-hybridized carbons (Fsp3) is 0.231. The lowest BCUT2D eigenvalue weighted by molar-refractivity contribution is -0.137. The molecule has 0 aromatic heterocycles. The molecule has 176 valence electrons. The standard InChI is InChI=1S/C26H22F4N2O2/c1-17-5-2-3-8-23(17)24-14-22(34-31-24)16-32(25(33)19-6-4-7-21(27)13-19)15-18-9-11-20(12-10-18)26(28,29)30/h2-13,22H,14-16H2,1H3/t22-/m0/s1. The van der Waals surface area contributed by atoms with Crippen molar-refractivity contribution in [1.29, 1.82) is 0 Å². The van der Waals surface area contributed by atoms with Gasteiger partial charge in [0.1, 0.15) is 5.82 Å². The van der Waals surface area contributed by atoms with E-state index < -0.39 is 29.6 Å². The van der Waals surface area contributed by atoms with E-state index >= 15 is 0 Å². The molecule has 1 amide bonds. The molecule has 0 spiro atoms. The van der Waals surface area contributed by atoms with Crippen molar-refractivity contribution in [3.05, 3.63) is 106 Å². The minimum Gasteiger partial charge on any atom is -0.390 e. The molecule has 0 N–H and O–H groups in total. The maximum atomic E-state index is 13.7. The van der Waals surface area contributed by atoms with Crippen LogP contribution in [0.1, 0.15) is 39.0 Å². The molecule has 34 heavy (non-hydrogen) atoms. The Balaban J connectivity index is 1.53. The molecule has 1 heterocycles. The smallest absolute Gasteiger partial charge is 0.390 e. The zero-order valence-corrected chi connectivity index (χ0v) is 18.3. The van der Waals surface area contributed by atoms with E-state index in [-0.39, 0.29) is 18.7 Å². The summed E-state index contributed by atoms with van der Waals surface area (Å²) in [4.78, 5) is 20.2. The molecule has 1 atom stereocenters. The van der Waals surface area contributed by atoms with Gasteiger partial charge in [0.15, 0.2) is 6.10 Å². The van der Waals surface area contributed by atoms with E-state index in [1.165, 1.54) is 35.2 Å². The summed E-state index contributed by atoms with van der Waals surface area (Å²) in [7, 11) is 0. The molecule has 1 aliphatic heterocycles. The molecule has 4 rings (SSSR count). The number of carbonyl (C=O) groups excluding carboxylic acids is 1. The maximum absolute atomic E-state index is 13.7. The second-order valence-electron chi connectivity index (χ2n) is 8.18. The lowest BCUT2D eigenvalue weighted by atomic mass is 10.00. The van der Waals surface area contributed by atoms with Crippen molar-refractivity contribution < 1.29 is 27.2 Å². The van der Waals surface area contributed by atoms with Gasteiger partial charge in [0.05, 0.1) is 17.8 Å². The van der Waals surface area contributed by atoms with Crippen LogP contribution in [0.4, 0.5) is 17.6 Å². The highest BCUT2D eigenvalue weighted by atomic mass is 19.4. The van der Waals surface area contributed by atoms with Crippen LogP contribution in [0, 0.1) is 12.7 Å². The Bertz CT molecular complexity index is 1210. The van der Waals surface area contributed by atoms with Gasteiger partial charge >= 0.3 is 6.18 Å². The molecular formula is C26H22F4N2O2. The van der Waals surface area contributed by atoms with Crippen molar-refractivity contribution in [3.8, 4) is 0 Å². The number of rotatable bonds is 6. The monoisotopic (exact) mass is 470 g/mol. The third-order valence-corrected chi connectivity index (χ3v) is 5.63. The van der Waals surface area contributed by atoms with Crippen LogP contribution in [-0.4, -0.2) is 29.2 Å². The number of oxime groups is 1. The number of hydrogen-bond acceptors (Lipinski definition) is 3. The molecule has 3 aromatic rings. The maximum Gasteiger partial charge on any atom is 0.416 e. The summed E-state index contributed by atoms with van der Waals surface area (Å²) in [5.74, 6) is -1.00. The highest BCUT2D eigenvalue weighted by Crippen LogP contribution is 2.29. The summed E-state index contributed by atoms with van der Waals surface area (Å²) in [6.45, 7) is 2.14. The van der Waals surface area contributed by atoms with E-state index in [4.69, 9.17) is 4.84 Å². The SMILES string of the molecule is Cc1ccccc1C1=NO[C@H](CN(Cc2ccc(C(F)(F)F)cc2)C(=O)c2cccc(F)c2)C1. The fourth-order valence-corrected chi connectivity index (χ4v) is 3.87. The number of amides is 1. The Morgan fingerprint density at radius 1 is 1.06 bits per heavy atom. The highest BCUT2D eigenvalue weighted by molar-refractivity contribution is 6.02. The molecule has 1 aliphatic rings. The highest BCUT2D eigenvalue weighted by Gasteiger charge is 2.31. The lowest BCUT2D eigenvalue weighted by Crippen LogP contribution is -2.37. The van der Waals surface area contributed by atoms with Crippen LogP contribution in [-0.2, 0) is 17.6 Å². The minimum atomic E-state index is -4.45. The van der Waals surface area contributed by atoms with E-state index in [9.17, 15) is 22.4 Å². The van der Waals surface area contributed by atoms with Gasteiger partial charge in [-0.15, -0.1) is 0 Å². The van der Waals surface area contributed by atoms with Crippen molar-refractivity contribution in [2.24, 2.45) is 5.16 Å². The van der Waals surface area contributed by atoms with Gasteiger partial charge < -0.3 is 9.74 Å². The first-order valence-electron chi connectivity index (χ1n) is 10.7. The van der Waals surface area contributed by atoms with Crippen LogP contribution < -0.4 is 0 Å². The van der Waals surface area contributed by atoms with E-state index in [0.717, 1.165) is 35.0 Å². The van der Waals surface area contributed by atoms with Crippen molar-refractivity contribution in [2.75, 3.05) is 6.54 Å². The van der Waals surface area contributed by atoms with Gasteiger partial charge in [-0.05, 0) is 48.4 Å². The Hall–Kier alpha value is -3.68. The Labute approximate surface area is 194 Å². The van der Waals surface area contributed by atoms with Gasteiger partial charge in [0.2, 0.25) is 0 Å². The normalized spacial score (nSPS) is 15.6. The van der Waals surface area contributed by atoms with E-state index in [0.29, 0.717) is 12.0 Å². The van der Waals surface area contributed by atoms with Crippen LogP contribution in [0.2, 0.25) is 0 Å². The van der Waals surface area contributed by atoms with Gasteiger partial charge in [-0.25, -0.2) is 4.39 Å². The van der Waals surface area contributed by atoms with Crippen LogP contribution >= 0.6 is 0 Å². The number of benzene rings is 3. The first-order valence-corrected chi connectivity index (χ1v) is 10.7. The number of alkyl halides is 3. The Morgan fingerprint density at radius 3 is 2.47 bits per heavy atom. The van der Waals surface area contributed by atoms with Gasteiger partial charge in [-0.3, -0.25) is 4.79 Å². The van der Waals surface area contributed by atoms with Gasteiger partial charge in [0, 0.05) is 24.1 Å². The molecule has 8 heteroatoms. The number of nitrogens with zero attached hydrogens (tertiary/aromatic N) is 2. The number of aryl methyl sites for hydroxylation is 1. The molecule has 0 fully saturated rings. The second kappa shape index (κ2) is 9.67. The molecule has 0 saturated carbocycles. The van der Waals surface area contributed by atoms with Crippen molar-refractivity contribution in [2.45, 2.75) is 32.2 Å². The molecule has 4 nitrogen and oxygen atoms in total. The number of halogens is 4. The quantitative estimate of drug-likeness (QED) is 0.416. The van der Waals surface area contributed by atoms with Crippen LogP contribution in [0.25, 0.3) is 0 Å². The van der Waals surface area contributed by atoms with Crippen LogP contribution in [0.15, 0.2) is 78.0 Å². The Morgan fingerprint density at radius 2 is 1.79 bits per heavy atom. The minimum absolute atomic E-state index is 0.0348.